The Labute approximate surface area is 109 Å². The SMILES string of the molecule is Cc1ccc(I)cc1N1CC(CO)CC1=O. The van der Waals surface area contributed by atoms with E-state index >= 15 is 0 Å². The second-order valence-electron chi connectivity index (χ2n) is 4.19. The monoisotopic (exact) mass is 331 g/mol. The lowest BCUT2D eigenvalue weighted by Crippen LogP contribution is -2.25. The summed E-state index contributed by atoms with van der Waals surface area (Å²) in [4.78, 5) is 13.6. The molecular weight excluding hydrogens is 317 g/mol. The van der Waals surface area contributed by atoms with E-state index < -0.39 is 0 Å². The van der Waals surface area contributed by atoms with Crippen molar-refractivity contribution in [2.24, 2.45) is 5.92 Å². The Morgan fingerprint density at radius 1 is 1.56 bits per heavy atom. The summed E-state index contributed by atoms with van der Waals surface area (Å²) in [6.45, 7) is 2.73. The van der Waals surface area contributed by atoms with E-state index in [0.29, 0.717) is 13.0 Å². The molecule has 1 N–H and O–H groups in total. The van der Waals surface area contributed by atoms with E-state index in [-0.39, 0.29) is 18.4 Å². The summed E-state index contributed by atoms with van der Waals surface area (Å²) in [7, 11) is 0. The van der Waals surface area contributed by atoms with Gasteiger partial charge in [-0.3, -0.25) is 4.79 Å². The van der Waals surface area contributed by atoms with Gasteiger partial charge in [0.05, 0.1) is 0 Å². The molecule has 4 heteroatoms. The second-order valence-corrected chi connectivity index (χ2v) is 5.43. The minimum absolute atomic E-state index is 0.0877. The lowest BCUT2D eigenvalue weighted by molar-refractivity contribution is -0.117. The van der Waals surface area contributed by atoms with Crippen LogP contribution in [0.5, 0.6) is 0 Å². The van der Waals surface area contributed by atoms with Crippen LogP contribution < -0.4 is 4.90 Å². The van der Waals surface area contributed by atoms with Crippen LogP contribution in [0.25, 0.3) is 0 Å². The van der Waals surface area contributed by atoms with Crippen molar-refractivity contribution in [1.82, 2.24) is 0 Å². The number of anilines is 1. The number of aliphatic hydroxyl groups is 1. The van der Waals surface area contributed by atoms with Crippen LogP contribution in [-0.4, -0.2) is 24.2 Å². The zero-order valence-corrected chi connectivity index (χ0v) is 11.3. The van der Waals surface area contributed by atoms with Crippen molar-refractivity contribution in [2.45, 2.75) is 13.3 Å². The fraction of sp³-hybridized carbons (Fsp3) is 0.417. The van der Waals surface area contributed by atoms with Gasteiger partial charge in [0, 0.05) is 34.7 Å². The molecule has 1 atom stereocenters. The van der Waals surface area contributed by atoms with Crippen molar-refractivity contribution in [2.75, 3.05) is 18.1 Å². The third-order valence-electron chi connectivity index (χ3n) is 2.93. The number of aryl methyl sites for hydroxylation is 1. The van der Waals surface area contributed by atoms with Gasteiger partial charge in [-0.1, -0.05) is 6.07 Å². The zero-order chi connectivity index (χ0) is 11.7. The lowest BCUT2D eigenvalue weighted by atomic mass is 10.1. The summed E-state index contributed by atoms with van der Waals surface area (Å²) in [6, 6.07) is 6.08. The molecule has 1 heterocycles. The highest BCUT2D eigenvalue weighted by Crippen LogP contribution is 2.28. The summed E-state index contributed by atoms with van der Waals surface area (Å²) in [5, 5.41) is 9.09. The molecule has 2 rings (SSSR count). The molecular formula is C12H14INO2. The molecule has 0 aliphatic carbocycles. The summed E-state index contributed by atoms with van der Waals surface area (Å²) in [6.07, 6.45) is 0.460. The van der Waals surface area contributed by atoms with Crippen molar-refractivity contribution in [3.05, 3.63) is 27.3 Å². The third kappa shape index (κ3) is 2.22. The van der Waals surface area contributed by atoms with Gasteiger partial charge in [0.15, 0.2) is 0 Å². The van der Waals surface area contributed by atoms with Crippen LogP contribution in [0.15, 0.2) is 18.2 Å². The fourth-order valence-corrected chi connectivity index (χ4v) is 2.48. The number of amides is 1. The van der Waals surface area contributed by atoms with Crippen molar-refractivity contribution >= 4 is 34.2 Å². The molecule has 16 heavy (non-hydrogen) atoms. The Morgan fingerprint density at radius 3 is 2.94 bits per heavy atom. The van der Waals surface area contributed by atoms with Crippen LogP contribution in [0, 0.1) is 16.4 Å². The van der Waals surface area contributed by atoms with E-state index in [1.807, 2.05) is 25.1 Å². The maximum atomic E-state index is 11.8. The molecule has 1 aliphatic rings. The van der Waals surface area contributed by atoms with Gasteiger partial charge >= 0.3 is 0 Å². The van der Waals surface area contributed by atoms with Gasteiger partial charge in [0.1, 0.15) is 0 Å². The molecule has 1 fully saturated rings. The molecule has 0 saturated carbocycles. The Hall–Kier alpha value is -0.620. The summed E-state index contributed by atoms with van der Waals surface area (Å²) in [5.74, 6) is 0.203. The molecule has 1 aromatic rings. The molecule has 1 aliphatic heterocycles. The predicted molar refractivity (Wildman–Crippen MR) is 71.4 cm³/mol. The molecule has 86 valence electrons. The molecule has 1 aromatic carbocycles. The highest BCUT2D eigenvalue weighted by molar-refractivity contribution is 14.1. The van der Waals surface area contributed by atoms with Crippen molar-refractivity contribution in [1.29, 1.82) is 0 Å². The lowest BCUT2D eigenvalue weighted by Gasteiger charge is -2.19. The Bertz CT molecular complexity index is 419. The second kappa shape index (κ2) is 4.71. The number of hydrogen-bond donors (Lipinski definition) is 1. The molecule has 3 nitrogen and oxygen atoms in total. The molecule has 1 saturated heterocycles. The van der Waals surface area contributed by atoms with Gasteiger partial charge in [0.25, 0.3) is 0 Å². The molecule has 0 spiro atoms. The maximum absolute atomic E-state index is 11.8. The highest BCUT2D eigenvalue weighted by Gasteiger charge is 2.30. The average molecular weight is 331 g/mol. The molecule has 0 radical (unpaired) electrons. The van der Waals surface area contributed by atoms with Gasteiger partial charge in [-0.2, -0.15) is 0 Å². The van der Waals surface area contributed by atoms with E-state index in [9.17, 15) is 4.79 Å². The van der Waals surface area contributed by atoms with Crippen LogP contribution in [0.3, 0.4) is 0 Å². The normalized spacial score (nSPS) is 20.6. The standard InChI is InChI=1S/C12H14INO2/c1-8-2-3-10(13)5-11(8)14-6-9(7-15)4-12(14)16/h2-3,5,9,15H,4,6-7H2,1H3. The topological polar surface area (TPSA) is 40.5 Å². The van der Waals surface area contributed by atoms with Gasteiger partial charge < -0.3 is 10.0 Å². The zero-order valence-electron chi connectivity index (χ0n) is 9.11. The number of carbonyl (C=O) groups is 1. The van der Waals surface area contributed by atoms with Crippen molar-refractivity contribution < 1.29 is 9.90 Å². The van der Waals surface area contributed by atoms with Crippen LogP contribution in [0.1, 0.15) is 12.0 Å². The van der Waals surface area contributed by atoms with Crippen LogP contribution in [0.4, 0.5) is 5.69 Å². The number of benzene rings is 1. The van der Waals surface area contributed by atoms with Crippen LogP contribution >= 0.6 is 22.6 Å². The first-order valence-corrected chi connectivity index (χ1v) is 6.37. The van der Waals surface area contributed by atoms with E-state index in [2.05, 4.69) is 22.6 Å². The van der Waals surface area contributed by atoms with E-state index in [1.54, 1.807) is 4.90 Å². The first kappa shape index (κ1) is 11.9. The Kier molecular flexibility index (Phi) is 3.49. The third-order valence-corrected chi connectivity index (χ3v) is 3.60. The van der Waals surface area contributed by atoms with E-state index in [0.717, 1.165) is 14.8 Å². The number of rotatable bonds is 2. The molecule has 1 unspecified atom stereocenters. The number of nitrogens with zero attached hydrogens (tertiary/aromatic N) is 1. The highest BCUT2D eigenvalue weighted by atomic mass is 127. The van der Waals surface area contributed by atoms with Gasteiger partial charge in [-0.25, -0.2) is 0 Å². The number of carbonyl (C=O) groups excluding carboxylic acids is 1. The van der Waals surface area contributed by atoms with E-state index in [1.165, 1.54) is 0 Å². The molecule has 0 bridgehead atoms. The predicted octanol–water partition coefficient (Wildman–Crippen LogP) is 1.94. The first-order valence-electron chi connectivity index (χ1n) is 5.29. The van der Waals surface area contributed by atoms with Gasteiger partial charge in [0.2, 0.25) is 5.91 Å². The van der Waals surface area contributed by atoms with Gasteiger partial charge in [-0.05, 0) is 47.2 Å². The number of halogens is 1. The summed E-state index contributed by atoms with van der Waals surface area (Å²) in [5.41, 5.74) is 2.08. The smallest absolute Gasteiger partial charge is 0.227 e. The fourth-order valence-electron chi connectivity index (χ4n) is 2.01. The molecule has 1 amide bonds. The van der Waals surface area contributed by atoms with Crippen molar-refractivity contribution in [3.8, 4) is 0 Å². The van der Waals surface area contributed by atoms with E-state index in [4.69, 9.17) is 5.11 Å². The summed E-state index contributed by atoms with van der Waals surface area (Å²) < 4.78 is 1.12. The minimum atomic E-state index is 0.0877. The summed E-state index contributed by atoms with van der Waals surface area (Å²) >= 11 is 2.24. The van der Waals surface area contributed by atoms with Gasteiger partial charge in [-0.15, -0.1) is 0 Å². The largest absolute Gasteiger partial charge is 0.396 e. The quantitative estimate of drug-likeness (QED) is 0.842. The maximum Gasteiger partial charge on any atom is 0.227 e. The Balaban J connectivity index is 2.30. The minimum Gasteiger partial charge on any atom is -0.396 e. The van der Waals surface area contributed by atoms with Crippen molar-refractivity contribution in [3.63, 3.8) is 0 Å². The van der Waals surface area contributed by atoms with Crippen LogP contribution in [-0.2, 0) is 4.79 Å². The number of aliphatic hydroxyl groups excluding tert-OH is 1. The Morgan fingerprint density at radius 2 is 2.31 bits per heavy atom. The first-order chi connectivity index (χ1) is 7.61. The van der Waals surface area contributed by atoms with Crippen LogP contribution in [0.2, 0.25) is 0 Å². The number of hydrogen-bond acceptors (Lipinski definition) is 2. The molecule has 0 aromatic heterocycles. The average Bonchev–Trinajstić information content (AvgIpc) is 2.63.